The molecular weight excluding hydrogens is 281 g/mol. The molecule has 1 N–H and O–H groups in total. The second kappa shape index (κ2) is 5.95. The summed E-state index contributed by atoms with van der Waals surface area (Å²) in [6.45, 7) is 0.781. The van der Waals surface area contributed by atoms with Crippen LogP contribution in [0.2, 0.25) is 5.02 Å². The van der Waals surface area contributed by atoms with Crippen LogP contribution in [-0.4, -0.2) is 9.61 Å². The fraction of sp³-hybridized carbons (Fsp3) is 0.0714. The van der Waals surface area contributed by atoms with Crippen LogP contribution in [-0.2, 0) is 6.54 Å². The molecule has 0 aliphatic rings. The average Bonchev–Trinajstić information content (AvgIpc) is 2.85. The highest BCUT2D eigenvalue weighted by molar-refractivity contribution is 6.30. The Morgan fingerprint density at radius 3 is 2.68 bits per heavy atom. The number of halogens is 2. The van der Waals surface area contributed by atoms with Crippen LogP contribution < -0.4 is 5.32 Å². The molecule has 98 valence electrons. The molecule has 2 aromatic heterocycles. The van der Waals surface area contributed by atoms with Gasteiger partial charge in [0.05, 0.1) is 5.52 Å². The van der Waals surface area contributed by atoms with Crippen molar-refractivity contribution in [1.29, 1.82) is 0 Å². The summed E-state index contributed by atoms with van der Waals surface area (Å²) < 4.78 is 1.85. The second-order valence-corrected chi connectivity index (χ2v) is 4.53. The molecule has 1 aromatic carbocycles. The van der Waals surface area contributed by atoms with Crippen LogP contribution in [0.5, 0.6) is 0 Å². The highest BCUT2D eigenvalue weighted by Crippen LogP contribution is 2.15. The molecule has 0 radical (unpaired) electrons. The summed E-state index contributed by atoms with van der Waals surface area (Å²) in [4.78, 5) is 0. The summed E-state index contributed by atoms with van der Waals surface area (Å²) in [5.74, 6) is 0. The number of pyridine rings is 1. The number of fused-ring (bicyclic) bond motifs is 1. The van der Waals surface area contributed by atoms with Crippen molar-refractivity contribution in [3.05, 3.63) is 65.4 Å². The molecule has 5 heteroatoms. The second-order valence-electron chi connectivity index (χ2n) is 4.10. The van der Waals surface area contributed by atoms with Gasteiger partial charge in [-0.3, -0.25) is 0 Å². The number of nitrogens with one attached hydrogen (secondary N) is 1. The lowest BCUT2D eigenvalue weighted by atomic mass is 10.2. The van der Waals surface area contributed by atoms with Crippen LogP contribution in [0.1, 0.15) is 5.56 Å². The van der Waals surface area contributed by atoms with Gasteiger partial charge in [0, 0.05) is 29.6 Å². The molecule has 0 fully saturated rings. The first kappa shape index (κ1) is 13.7. The largest absolute Gasteiger partial charge is 0.381 e. The first-order valence-electron chi connectivity index (χ1n) is 5.73. The summed E-state index contributed by atoms with van der Waals surface area (Å²) >= 11 is 5.84. The number of hydrogen-bond donors (Lipinski definition) is 1. The lowest BCUT2D eigenvalue weighted by molar-refractivity contribution is 0.952. The van der Waals surface area contributed by atoms with Crippen molar-refractivity contribution < 1.29 is 0 Å². The van der Waals surface area contributed by atoms with Gasteiger partial charge in [-0.05, 0) is 48.0 Å². The van der Waals surface area contributed by atoms with Gasteiger partial charge in [-0.25, -0.2) is 4.52 Å². The van der Waals surface area contributed by atoms with Crippen LogP contribution in [0.3, 0.4) is 0 Å². The maximum absolute atomic E-state index is 5.84. The molecule has 0 amide bonds. The van der Waals surface area contributed by atoms with E-state index in [2.05, 4.69) is 22.5 Å². The van der Waals surface area contributed by atoms with E-state index in [0.29, 0.717) is 0 Å². The molecule has 0 spiro atoms. The molecule has 0 bridgehead atoms. The number of nitrogens with zero attached hydrogens (tertiary/aromatic N) is 2. The molecule has 0 saturated heterocycles. The highest BCUT2D eigenvalue weighted by Gasteiger charge is 1.97. The molecule has 0 aliphatic heterocycles. The van der Waals surface area contributed by atoms with Gasteiger partial charge in [0.1, 0.15) is 0 Å². The molecule has 3 rings (SSSR count). The van der Waals surface area contributed by atoms with E-state index in [1.54, 1.807) is 6.20 Å². The maximum Gasteiger partial charge on any atom is 0.0664 e. The Kier molecular flexibility index (Phi) is 4.30. The van der Waals surface area contributed by atoms with Gasteiger partial charge < -0.3 is 5.32 Å². The fourth-order valence-corrected chi connectivity index (χ4v) is 1.98. The Morgan fingerprint density at radius 2 is 1.89 bits per heavy atom. The van der Waals surface area contributed by atoms with Crippen molar-refractivity contribution in [2.24, 2.45) is 0 Å². The van der Waals surface area contributed by atoms with Crippen molar-refractivity contribution in [2.45, 2.75) is 6.54 Å². The molecule has 2 heterocycles. The maximum atomic E-state index is 5.84. The Bertz CT molecular complexity index is 662. The molecular formula is C14H13Cl2N3. The number of aromatic nitrogens is 2. The van der Waals surface area contributed by atoms with E-state index >= 15 is 0 Å². The summed E-state index contributed by atoms with van der Waals surface area (Å²) in [5, 5.41) is 8.28. The van der Waals surface area contributed by atoms with E-state index in [4.69, 9.17) is 11.6 Å². The Balaban J connectivity index is 0.00000133. The highest BCUT2D eigenvalue weighted by atomic mass is 35.5. The SMILES string of the molecule is Cl.Clc1ccc(NCc2ccn3nccc3c2)cc1. The molecule has 0 unspecified atom stereocenters. The summed E-state index contributed by atoms with van der Waals surface area (Å²) in [6.07, 6.45) is 3.76. The van der Waals surface area contributed by atoms with Gasteiger partial charge in [-0.15, -0.1) is 12.4 Å². The third-order valence-electron chi connectivity index (χ3n) is 2.80. The number of anilines is 1. The first-order chi connectivity index (χ1) is 8.81. The predicted molar refractivity (Wildman–Crippen MR) is 81.2 cm³/mol. The number of hydrogen-bond acceptors (Lipinski definition) is 2. The molecule has 3 nitrogen and oxygen atoms in total. The van der Waals surface area contributed by atoms with E-state index in [1.165, 1.54) is 5.56 Å². The van der Waals surface area contributed by atoms with Gasteiger partial charge in [-0.1, -0.05) is 11.6 Å². The third-order valence-corrected chi connectivity index (χ3v) is 3.06. The quantitative estimate of drug-likeness (QED) is 0.790. The lowest BCUT2D eigenvalue weighted by Crippen LogP contribution is -2.00. The van der Waals surface area contributed by atoms with Crippen LogP contribution in [0, 0.1) is 0 Å². The Morgan fingerprint density at radius 1 is 1.11 bits per heavy atom. The Hall–Kier alpha value is -1.71. The van der Waals surface area contributed by atoms with Crippen LogP contribution in [0.25, 0.3) is 5.52 Å². The van der Waals surface area contributed by atoms with Gasteiger partial charge in [0.25, 0.3) is 0 Å². The van der Waals surface area contributed by atoms with Crippen molar-refractivity contribution in [1.82, 2.24) is 9.61 Å². The van der Waals surface area contributed by atoms with E-state index in [0.717, 1.165) is 22.8 Å². The molecule has 0 saturated carbocycles. The summed E-state index contributed by atoms with van der Waals surface area (Å²) in [7, 11) is 0. The topological polar surface area (TPSA) is 29.3 Å². The molecule has 19 heavy (non-hydrogen) atoms. The number of rotatable bonds is 3. The zero-order valence-electron chi connectivity index (χ0n) is 10.1. The van der Waals surface area contributed by atoms with Crippen molar-refractivity contribution in [2.75, 3.05) is 5.32 Å². The molecule has 3 aromatic rings. The number of benzene rings is 1. The van der Waals surface area contributed by atoms with Gasteiger partial charge in [-0.2, -0.15) is 5.10 Å². The van der Waals surface area contributed by atoms with Crippen LogP contribution in [0.4, 0.5) is 5.69 Å². The molecule has 0 atom stereocenters. The zero-order chi connectivity index (χ0) is 12.4. The van der Waals surface area contributed by atoms with E-state index in [9.17, 15) is 0 Å². The van der Waals surface area contributed by atoms with Crippen molar-refractivity contribution in [3.8, 4) is 0 Å². The smallest absolute Gasteiger partial charge is 0.0664 e. The third kappa shape index (κ3) is 3.19. The standard InChI is InChI=1S/C14H12ClN3.ClH/c15-12-1-3-13(4-2-12)16-10-11-6-8-18-14(9-11)5-7-17-18;/h1-9,16H,10H2;1H. The Labute approximate surface area is 122 Å². The minimum absolute atomic E-state index is 0. The van der Waals surface area contributed by atoms with Crippen molar-refractivity contribution >= 4 is 35.2 Å². The van der Waals surface area contributed by atoms with Gasteiger partial charge in [0.15, 0.2) is 0 Å². The monoisotopic (exact) mass is 293 g/mol. The van der Waals surface area contributed by atoms with E-state index < -0.39 is 0 Å². The van der Waals surface area contributed by atoms with E-state index in [-0.39, 0.29) is 12.4 Å². The first-order valence-corrected chi connectivity index (χ1v) is 6.11. The minimum atomic E-state index is 0. The average molecular weight is 294 g/mol. The lowest BCUT2D eigenvalue weighted by Gasteiger charge is -2.07. The zero-order valence-corrected chi connectivity index (χ0v) is 11.7. The summed E-state index contributed by atoms with van der Waals surface area (Å²) in [5.41, 5.74) is 3.39. The minimum Gasteiger partial charge on any atom is -0.381 e. The van der Waals surface area contributed by atoms with Gasteiger partial charge >= 0.3 is 0 Å². The molecule has 0 aliphatic carbocycles. The van der Waals surface area contributed by atoms with Crippen molar-refractivity contribution in [3.63, 3.8) is 0 Å². The fourth-order valence-electron chi connectivity index (χ4n) is 1.85. The van der Waals surface area contributed by atoms with Gasteiger partial charge in [0.2, 0.25) is 0 Å². The predicted octanol–water partition coefficient (Wildman–Crippen LogP) is 4.02. The van der Waals surface area contributed by atoms with Crippen LogP contribution >= 0.6 is 24.0 Å². The normalized spacial score (nSPS) is 10.2. The van der Waals surface area contributed by atoms with E-state index in [1.807, 2.05) is 41.0 Å². The summed E-state index contributed by atoms with van der Waals surface area (Å²) in [6, 6.07) is 13.9. The van der Waals surface area contributed by atoms with Crippen LogP contribution in [0.15, 0.2) is 54.9 Å².